The summed E-state index contributed by atoms with van der Waals surface area (Å²) in [6.07, 6.45) is -4.66. The topological polar surface area (TPSA) is 20.2 Å². The molecule has 0 fully saturated rings. The molecular formula is C12H13F3O. The maximum absolute atomic E-state index is 12.1. The van der Waals surface area contributed by atoms with Crippen LogP contribution in [0.3, 0.4) is 0 Å². The van der Waals surface area contributed by atoms with Gasteiger partial charge in [0.1, 0.15) is 0 Å². The van der Waals surface area contributed by atoms with Crippen molar-refractivity contribution in [2.24, 2.45) is 0 Å². The molecule has 0 saturated carbocycles. The molecule has 1 N–H and O–H groups in total. The minimum Gasteiger partial charge on any atom is -0.389 e. The molecule has 1 aromatic carbocycles. The molecule has 0 radical (unpaired) electrons. The molecule has 0 aromatic heterocycles. The second-order valence-electron chi connectivity index (χ2n) is 4.46. The van der Waals surface area contributed by atoms with Gasteiger partial charge in [0.2, 0.25) is 0 Å². The van der Waals surface area contributed by atoms with Crippen LogP contribution in [0.15, 0.2) is 24.3 Å². The summed E-state index contributed by atoms with van der Waals surface area (Å²) in [5, 5.41) is 10.1. The Morgan fingerprint density at radius 3 is 2.06 bits per heavy atom. The molecule has 0 unspecified atom stereocenters. The van der Waals surface area contributed by atoms with Crippen LogP contribution in [0.4, 0.5) is 13.2 Å². The first kappa shape index (κ1) is 11.5. The number of benzene rings is 1. The summed E-state index contributed by atoms with van der Waals surface area (Å²) in [6.45, 7) is 0. The van der Waals surface area contributed by atoms with Crippen LogP contribution in [0.2, 0.25) is 0 Å². The third-order valence-electron chi connectivity index (χ3n) is 3.03. The predicted molar refractivity (Wildman–Crippen MR) is 54.1 cm³/mol. The summed E-state index contributed by atoms with van der Waals surface area (Å²) in [6, 6.07) is 7.41. The average Bonchev–Trinajstić information content (AvgIpc) is 2.51. The maximum atomic E-state index is 12.1. The van der Waals surface area contributed by atoms with Crippen molar-refractivity contribution in [2.75, 3.05) is 0 Å². The Labute approximate surface area is 91.9 Å². The third kappa shape index (κ3) is 2.55. The van der Waals surface area contributed by atoms with Crippen LogP contribution >= 0.6 is 0 Å². The van der Waals surface area contributed by atoms with Crippen molar-refractivity contribution in [1.82, 2.24) is 0 Å². The Balaban J connectivity index is 2.03. The molecular weight excluding hydrogens is 217 g/mol. The van der Waals surface area contributed by atoms with Gasteiger partial charge in [0.25, 0.3) is 0 Å². The average molecular weight is 230 g/mol. The van der Waals surface area contributed by atoms with E-state index < -0.39 is 18.2 Å². The van der Waals surface area contributed by atoms with E-state index >= 15 is 0 Å². The number of hydrogen-bond donors (Lipinski definition) is 1. The van der Waals surface area contributed by atoms with Gasteiger partial charge in [0, 0.05) is 19.3 Å². The van der Waals surface area contributed by atoms with E-state index in [2.05, 4.69) is 0 Å². The summed E-state index contributed by atoms with van der Waals surface area (Å²) in [7, 11) is 0. The van der Waals surface area contributed by atoms with Crippen LogP contribution in [0.25, 0.3) is 0 Å². The molecule has 88 valence electrons. The van der Waals surface area contributed by atoms with Gasteiger partial charge in [-0.15, -0.1) is 0 Å². The molecule has 1 aromatic rings. The third-order valence-corrected chi connectivity index (χ3v) is 3.03. The first-order chi connectivity index (χ1) is 7.38. The predicted octanol–water partition coefficient (Wildman–Crippen LogP) is 2.86. The highest BCUT2D eigenvalue weighted by atomic mass is 19.4. The van der Waals surface area contributed by atoms with Crippen molar-refractivity contribution in [3.63, 3.8) is 0 Å². The molecule has 1 nitrogen and oxygen atoms in total. The zero-order valence-electron chi connectivity index (χ0n) is 8.72. The van der Waals surface area contributed by atoms with Crippen molar-refractivity contribution in [3.8, 4) is 0 Å². The minimum atomic E-state index is -4.19. The van der Waals surface area contributed by atoms with E-state index in [1.165, 1.54) is 0 Å². The molecule has 4 heteroatoms. The fourth-order valence-electron chi connectivity index (χ4n) is 2.23. The Bertz CT molecular complexity index is 359. The monoisotopic (exact) mass is 230 g/mol. The van der Waals surface area contributed by atoms with Crippen molar-refractivity contribution in [3.05, 3.63) is 35.4 Å². The smallest absolute Gasteiger partial charge is 0.389 e. The van der Waals surface area contributed by atoms with E-state index in [1.807, 2.05) is 24.3 Å². The van der Waals surface area contributed by atoms with Gasteiger partial charge in [0.15, 0.2) is 0 Å². The van der Waals surface area contributed by atoms with Crippen molar-refractivity contribution >= 4 is 0 Å². The normalized spacial score (nSPS) is 18.5. The van der Waals surface area contributed by atoms with Gasteiger partial charge in [0.05, 0.1) is 5.60 Å². The zero-order chi connectivity index (χ0) is 11.8. The lowest BCUT2D eigenvalue weighted by Gasteiger charge is -2.22. The van der Waals surface area contributed by atoms with E-state index in [9.17, 15) is 18.3 Å². The molecule has 1 aliphatic carbocycles. The zero-order valence-corrected chi connectivity index (χ0v) is 8.72. The largest absolute Gasteiger partial charge is 0.389 e. The van der Waals surface area contributed by atoms with E-state index in [0.29, 0.717) is 12.8 Å². The molecule has 0 heterocycles. The summed E-state index contributed by atoms with van der Waals surface area (Å²) >= 11 is 0. The van der Waals surface area contributed by atoms with Gasteiger partial charge < -0.3 is 5.11 Å². The molecule has 16 heavy (non-hydrogen) atoms. The number of fused-ring (bicyclic) bond motifs is 1. The van der Waals surface area contributed by atoms with Gasteiger partial charge in [-0.25, -0.2) is 0 Å². The lowest BCUT2D eigenvalue weighted by atomic mass is 9.94. The quantitative estimate of drug-likeness (QED) is 0.828. The van der Waals surface area contributed by atoms with Crippen molar-refractivity contribution < 1.29 is 18.3 Å². The lowest BCUT2D eigenvalue weighted by molar-refractivity contribution is -0.146. The van der Waals surface area contributed by atoms with Crippen molar-refractivity contribution in [1.29, 1.82) is 0 Å². The summed E-state index contributed by atoms with van der Waals surface area (Å²) < 4.78 is 36.3. The standard InChI is InChI=1S/C12H13F3O/c13-12(14,15)6-5-11(16)7-9-3-1-2-4-10(9)8-11/h1-4,16H,5-8H2. The van der Waals surface area contributed by atoms with E-state index in [0.717, 1.165) is 11.1 Å². The van der Waals surface area contributed by atoms with Gasteiger partial charge >= 0.3 is 6.18 Å². The van der Waals surface area contributed by atoms with E-state index in [1.54, 1.807) is 0 Å². The van der Waals surface area contributed by atoms with Crippen molar-refractivity contribution in [2.45, 2.75) is 37.5 Å². The Morgan fingerprint density at radius 1 is 1.12 bits per heavy atom. The van der Waals surface area contributed by atoms with Gasteiger partial charge in [-0.05, 0) is 17.5 Å². The van der Waals surface area contributed by atoms with E-state index in [-0.39, 0.29) is 6.42 Å². The van der Waals surface area contributed by atoms with Crippen LogP contribution < -0.4 is 0 Å². The molecule has 1 aliphatic rings. The van der Waals surface area contributed by atoms with Crippen LogP contribution in [0.5, 0.6) is 0 Å². The molecule has 2 rings (SSSR count). The number of aliphatic hydroxyl groups is 1. The van der Waals surface area contributed by atoms with Crippen LogP contribution in [-0.2, 0) is 12.8 Å². The molecule has 0 spiro atoms. The van der Waals surface area contributed by atoms with Crippen LogP contribution in [0, 0.1) is 0 Å². The number of hydrogen-bond acceptors (Lipinski definition) is 1. The molecule has 0 atom stereocenters. The second-order valence-corrected chi connectivity index (χ2v) is 4.46. The Morgan fingerprint density at radius 2 is 1.62 bits per heavy atom. The SMILES string of the molecule is OC1(CCC(F)(F)F)Cc2ccccc2C1. The Kier molecular flexibility index (Phi) is 2.70. The second kappa shape index (κ2) is 3.77. The summed E-state index contributed by atoms with van der Waals surface area (Å²) in [5.74, 6) is 0. The van der Waals surface area contributed by atoms with Crippen LogP contribution in [-0.4, -0.2) is 16.9 Å². The fourth-order valence-corrected chi connectivity index (χ4v) is 2.23. The summed E-state index contributed by atoms with van der Waals surface area (Å²) in [4.78, 5) is 0. The first-order valence-corrected chi connectivity index (χ1v) is 5.24. The fraction of sp³-hybridized carbons (Fsp3) is 0.500. The summed E-state index contributed by atoms with van der Waals surface area (Å²) in [5.41, 5.74) is 0.721. The first-order valence-electron chi connectivity index (χ1n) is 5.24. The van der Waals surface area contributed by atoms with E-state index in [4.69, 9.17) is 0 Å². The molecule has 0 amide bonds. The number of rotatable bonds is 2. The highest BCUT2D eigenvalue weighted by Crippen LogP contribution is 2.35. The van der Waals surface area contributed by atoms with Gasteiger partial charge in [-0.3, -0.25) is 0 Å². The molecule has 0 saturated heterocycles. The Hall–Kier alpha value is -1.03. The lowest BCUT2D eigenvalue weighted by Crippen LogP contribution is -2.31. The van der Waals surface area contributed by atoms with Gasteiger partial charge in [-0.2, -0.15) is 13.2 Å². The molecule has 0 bridgehead atoms. The molecule has 0 aliphatic heterocycles. The van der Waals surface area contributed by atoms with Crippen LogP contribution in [0.1, 0.15) is 24.0 Å². The maximum Gasteiger partial charge on any atom is 0.389 e. The highest BCUT2D eigenvalue weighted by Gasteiger charge is 2.38. The number of alkyl halides is 3. The highest BCUT2D eigenvalue weighted by molar-refractivity contribution is 5.35. The van der Waals surface area contributed by atoms with Gasteiger partial charge in [-0.1, -0.05) is 24.3 Å². The number of halogens is 3. The minimum absolute atomic E-state index is 0.217.